The molecule has 0 bridgehead atoms. The van der Waals surface area contributed by atoms with Gasteiger partial charge < -0.3 is 10.2 Å². The second-order valence-corrected chi connectivity index (χ2v) is 4.92. The van der Waals surface area contributed by atoms with Crippen molar-refractivity contribution >= 4 is 28.3 Å². The van der Waals surface area contributed by atoms with Crippen molar-refractivity contribution in [3.63, 3.8) is 0 Å². The van der Waals surface area contributed by atoms with Crippen molar-refractivity contribution in [2.24, 2.45) is 0 Å². The van der Waals surface area contributed by atoms with Crippen LogP contribution in [0.2, 0.25) is 0 Å². The van der Waals surface area contributed by atoms with Crippen LogP contribution in [0.3, 0.4) is 0 Å². The second-order valence-electron chi connectivity index (χ2n) is 4.06. The van der Waals surface area contributed by atoms with E-state index in [4.69, 9.17) is 10.2 Å². The van der Waals surface area contributed by atoms with Gasteiger partial charge in [0, 0.05) is 17.0 Å². The summed E-state index contributed by atoms with van der Waals surface area (Å²) in [6.07, 6.45) is 0. The lowest BCUT2D eigenvalue weighted by molar-refractivity contribution is 0.0997. The predicted molar refractivity (Wildman–Crippen MR) is 78.6 cm³/mol. The quantitative estimate of drug-likeness (QED) is 0.774. The number of nitrogen functional groups attached to an aromatic ring is 1. The molecule has 2 aromatic heterocycles. The largest absolute Gasteiger partial charge is 0.436 e. The third-order valence-corrected chi connectivity index (χ3v) is 3.40. The first-order valence-electron chi connectivity index (χ1n) is 5.90. The van der Waals surface area contributed by atoms with Crippen molar-refractivity contribution in [2.75, 3.05) is 11.1 Å². The Kier molecular flexibility index (Phi) is 3.22. The maximum Gasteiger partial charge on any atom is 0.293 e. The third-order valence-electron chi connectivity index (χ3n) is 2.64. The molecule has 6 heteroatoms. The number of anilines is 2. The van der Waals surface area contributed by atoms with Crippen LogP contribution >= 0.6 is 11.3 Å². The van der Waals surface area contributed by atoms with Gasteiger partial charge in [-0.25, -0.2) is 4.98 Å². The molecule has 5 nitrogen and oxygen atoms in total. The van der Waals surface area contributed by atoms with Crippen molar-refractivity contribution in [1.29, 1.82) is 0 Å². The highest BCUT2D eigenvalue weighted by Gasteiger charge is 2.13. The van der Waals surface area contributed by atoms with E-state index >= 15 is 0 Å². The Morgan fingerprint density at radius 1 is 1.20 bits per heavy atom. The summed E-state index contributed by atoms with van der Waals surface area (Å²) in [6.45, 7) is 0. The molecule has 0 saturated heterocycles. The lowest BCUT2D eigenvalue weighted by atomic mass is 10.2. The summed E-state index contributed by atoms with van der Waals surface area (Å²) < 4.78 is 5.05. The normalized spacial score (nSPS) is 10.4. The van der Waals surface area contributed by atoms with Gasteiger partial charge in [0.2, 0.25) is 0 Å². The van der Waals surface area contributed by atoms with E-state index in [1.807, 2.05) is 35.7 Å². The molecule has 3 N–H and O–H groups in total. The lowest BCUT2D eigenvalue weighted by Gasteiger charge is -1.98. The standard InChI is InChI=1S/C14H11N3O2S/c15-12-7-6-11(19-12)13(18)17-14-16-10(8-20-14)9-4-2-1-3-5-9/h1-8H,15H2,(H,16,17,18). The Labute approximate surface area is 119 Å². The minimum atomic E-state index is -0.365. The topological polar surface area (TPSA) is 81.2 Å². The molecule has 2 heterocycles. The Balaban J connectivity index is 1.76. The highest BCUT2D eigenvalue weighted by Crippen LogP contribution is 2.25. The summed E-state index contributed by atoms with van der Waals surface area (Å²) in [5.41, 5.74) is 7.26. The molecule has 20 heavy (non-hydrogen) atoms. The van der Waals surface area contributed by atoms with Crippen molar-refractivity contribution in [3.05, 3.63) is 53.6 Å². The Bertz CT molecular complexity index is 734. The molecule has 0 aliphatic rings. The van der Waals surface area contributed by atoms with E-state index < -0.39 is 0 Å². The first kappa shape index (κ1) is 12.4. The number of furan rings is 1. The molecule has 3 rings (SSSR count). The SMILES string of the molecule is Nc1ccc(C(=O)Nc2nc(-c3ccccc3)cs2)o1. The molecule has 0 saturated carbocycles. The van der Waals surface area contributed by atoms with Gasteiger partial charge in [-0.05, 0) is 6.07 Å². The number of nitrogens with one attached hydrogen (secondary N) is 1. The number of carbonyl (C=O) groups excluding carboxylic acids is 1. The van der Waals surface area contributed by atoms with E-state index in [0.29, 0.717) is 5.13 Å². The van der Waals surface area contributed by atoms with Gasteiger partial charge in [-0.1, -0.05) is 30.3 Å². The molecule has 3 aromatic rings. The van der Waals surface area contributed by atoms with Crippen LogP contribution in [0.15, 0.2) is 52.3 Å². The molecule has 0 radical (unpaired) electrons. The summed E-state index contributed by atoms with van der Waals surface area (Å²) in [6, 6.07) is 12.8. The summed E-state index contributed by atoms with van der Waals surface area (Å²) in [7, 11) is 0. The maximum absolute atomic E-state index is 11.9. The number of carbonyl (C=O) groups is 1. The van der Waals surface area contributed by atoms with Gasteiger partial charge in [-0.2, -0.15) is 0 Å². The Morgan fingerprint density at radius 3 is 2.70 bits per heavy atom. The highest BCUT2D eigenvalue weighted by molar-refractivity contribution is 7.14. The van der Waals surface area contributed by atoms with E-state index in [9.17, 15) is 4.79 Å². The fourth-order valence-electron chi connectivity index (χ4n) is 1.71. The number of thiazole rings is 1. The monoisotopic (exact) mass is 285 g/mol. The molecule has 1 amide bonds. The molecule has 100 valence electrons. The van der Waals surface area contributed by atoms with Crippen molar-refractivity contribution in [3.8, 4) is 11.3 Å². The average molecular weight is 285 g/mol. The number of hydrogen-bond acceptors (Lipinski definition) is 5. The van der Waals surface area contributed by atoms with Gasteiger partial charge >= 0.3 is 0 Å². The van der Waals surface area contributed by atoms with Gasteiger partial charge in [0.1, 0.15) is 0 Å². The number of rotatable bonds is 3. The Morgan fingerprint density at radius 2 is 2.00 bits per heavy atom. The van der Waals surface area contributed by atoms with E-state index in [2.05, 4.69) is 10.3 Å². The van der Waals surface area contributed by atoms with E-state index in [-0.39, 0.29) is 17.6 Å². The number of nitrogens with zero attached hydrogens (tertiary/aromatic N) is 1. The zero-order valence-corrected chi connectivity index (χ0v) is 11.2. The zero-order valence-electron chi connectivity index (χ0n) is 10.4. The smallest absolute Gasteiger partial charge is 0.293 e. The molecule has 1 aromatic carbocycles. The Hall–Kier alpha value is -2.60. The van der Waals surface area contributed by atoms with E-state index in [1.165, 1.54) is 23.5 Å². The third kappa shape index (κ3) is 2.55. The van der Waals surface area contributed by atoms with Crippen LogP contribution in [-0.2, 0) is 0 Å². The van der Waals surface area contributed by atoms with Crippen LogP contribution in [0.25, 0.3) is 11.3 Å². The second kappa shape index (κ2) is 5.18. The molecule has 0 unspecified atom stereocenters. The zero-order chi connectivity index (χ0) is 13.9. The number of aromatic nitrogens is 1. The van der Waals surface area contributed by atoms with Gasteiger partial charge in [0.25, 0.3) is 5.91 Å². The van der Waals surface area contributed by atoms with Crippen LogP contribution in [0.4, 0.5) is 11.0 Å². The number of amides is 1. The highest BCUT2D eigenvalue weighted by atomic mass is 32.1. The fourth-order valence-corrected chi connectivity index (χ4v) is 2.42. The minimum Gasteiger partial charge on any atom is -0.436 e. The summed E-state index contributed by atoms with van der Waals surface area (Å²) in [5, 5.41) is 5.09. The van der Waals surface area contributed by atoms with Crippen LogP contribution in [0.1, 0.15) is 10.6 Å². The first-order valence-corrected chi connectivity index (χ1v) is 6.78. The van der Waals surface area contributed by atoms with Crippen LogP contribution in [0, 0.1) is 0 Å². The summed E-state index contributed by atoms with van der Waals surface area (Å²) in [5.74, 6) is 0.00823. The van der Waals surface area contributed by atoms with Crippen LogP contribution < -0.4 is 11.1 Å². The first-order chi connectivity index (χ1) is 9.72. The molecular weight excluding hydrogens is 274 g/mol. The summed E-state index contributed by atoms with van der Waals surface area (Å²) >= 11 is 1.36. The van der Waals surface area contributed by atoms with Crippen molar-refractivity contribution < 1.29 is 9.21 Å². The number of nitrogens with two attached hydrogens (primary N) is 1. The minimum absolute atomic E-state index is 0.166. The van der Waals surface area contributed by atoms with Gasteiger partial charge in [0.15, 0.2) is 16.8 Å². The number of benzene rings is 1. The molecule has 0 fully saturated rings. The van der Waals surface area contributed by atoms with Gasteiger partial charge in [-0.15, -0.1) is 11.3 Å². The lowest BCUT2D eigenvalue weighted by Crippen LogP contribution is -2.10. The van der Waals surface area contributed by atoms with Crippen molar-refractivity contribution in [2.45, 2.75) is 0 Å². The van der Waals surface area contributed by atoms with Crippen molar-refractivity contribution in [1.82, 2.24) is 4.98 Å². The maximum atomic E-state index is 11.9. The van der Waals surface area contributed by atoms with Crippen LogP contribution in [0.5, 0.6) is 0 Å². The summed E-state index contributed by atoms with van der Waals surface area (Å²) in [4.78, 5) is 16.2. The van der Waals surface area contributed by atoms with E-state index in [1.54, 1.807) is 0 Å². The predicted octanol–water partition coefficient (Wildman–Crippen LogP) is 3.24. The average Bonchev–Trinajstić information content (AvgIpc) is 3.09. The van der Waals surface area contributed by atoms with Gasteiger partial charge in [0.05, 0.1) is 5.69 Å². The molecule has 0 aliphatic heterocycles. The van der Waals surface area contributed by atoms with E-state index in [0.717, 1.165) is 11.3 Å². The molecule has 0 aliphatic carbocycles. The molecule has 0 spiro atoms. The molecule has 0 atom stereocenters. The van der Waals surface area contributed by atoms with Gasteiger partial charge in [-0.3, -0.25) is 10.1 Å². The van der Waals surface area contributed by atoms with Crippen LogP contribution in [-0.4, -0.2) is 10.9 Å². The number of hydrogen-bond donors (Lipinski definition) is 2. The fraction of sp³-hybridized carbons (Fsp3) is 0. The molecular formula is C14H11N3O2S.